The quantitative estimate of drug-likeness (QED) is 0.711. The second kappa shape index (κ2) is 8.54. The van der Waals surface area contributed by atoms with Crippen LogP contribution in [-0.4, -0.2) is 33.4 Å². The van der Waals surface area contributed by atoms with Gasteiger partial charge in [-0.25, -0.2) is 12.8 Å². The fraction of sp³-hybridized carbons (Fsp3) is 0.176. The number of amides is 1. The number of ether oxygens (including phenoxy) is 1. The summed E-state index contributed by atoms with van der Waals surface area (Å²) in [5.74, 6) is -2.21. The maximum absolute atomic E-state index is 13.1. The monoisotopic (exact) mass is 380 g/mol. The minimum atomic E-state index is -4.06. The summed E-state index contributed by atoms with van der Waals surface area (Å²) in [5.41, 5.74) is 1.43. The SMILES string of the molecule is Cc1ccccc1NC(=O)COC(=O)CNS(=O)(=O)c1cccc(F)c1. The fourth-order valence-electron chi connectivity index (χ4n) is 1.97. The standard InChI is InChI=1S/C17H17FN2O5S/c1-12-5-2-3-8-15(12)20-16(21)11-25-17(22)10-19-26(23,24)14-7-4-6-13(18)9-14/h2-9,19H,10-11H2,1H3,(H,20,21). The van der Waals surface area contributed by atoms with Gasteiger partial charge >= 0.3 is 5.97 Å². The molecule has 9 heteroatoms. The van der Waals surface area contributed by atoms with Crippen molar-refractivity contribution in [1.29, 1.82) is 0 Å². The first-order chi connectivity index (χ1) is 12.3. The number of rotatable bonds is 7. The van der Waals surface area contributed by atoms with Crippen molar-refractivity contribution in [1.82, 2.24) is 4.72 Å². The van der Waals surface area contributed by atoms with Crippen LogP contribution in [0.4, 0.5) is 10.1 Å². The van der Waals surface area contributed by atoms with Gasteiger partial charge in [0.15, 0.2) is 6.61 Å². The highest BCUT2D eigenvalue weighted by atomic mass is 32.2. The molecule has 2 rings (SSSR count). The Morgan fingerprint density at radius 3 is 2.54 bits per heavy atom. The van der Waals surface area contributed by atoms with Gasteiger partial charge in [0.05, 0.1) is 4.90 Å². The molecule has 7 nitrogen and oxygen atoms in total. The summed E-state index contributed by atoms with van der Waals surface area (Å²) >= 11 is 0. The first kappa shape index (κ1) is 19.5. The summed E-state index contributed by atoms with van der Waals surface area (Å²) in [7, 11) is -4.06. The van der Waals surface area contributed by atoms with Crippen LogP contribution in [0.15, 0.2) is 53.4 Å². The molecule has 0 unspecified atom stereocenters. The van der Waals surface area contributed by atoms with Crippen LogP contribution in [0.25, 0.3) is 0 Å². The summed E-state index contributed by atoms with van der Waals surface area (Å²) in [6.45, 7) is 0.564. The Hall–Kier alpha value is -2.78. The number of nitrogens with one attached hydrogen (secondary N) is 2. The lowest BCUT2D eigenvalue weighted by atomic mass is 10.2. The molecule has 2 aromatic rings. The average molecular weight is 380 g/mol. The van der Waals surface area contributed by atoms with E-state index in [4.69, 9.17) is 4.74 Å². The molecule has 0 aliphatic carbocycles. The fourth-order valence-corrected chi connectivity index (χ4v) is 2.97. The summed E-state index contributed by atoms with van der Waals surface area (Å²) in [5, 5.41) is 2.57. The Bertz CT molecular complexity index is 915. The topological polar surface area (TPSA) is 102 Å². The van der Waals surface area contributed by atoms with Gasteiger partial charge in [-0.2, -0.15) is 4.72 Å². The molecule has 138 valence electrons. The highest BCUT2D eigenvalue weighted by Crippen LogP contribution is 2.13. The lowest BCUT2D eigenvalue weighted by Gasteiger charge is -2.09. The number of benzene rings is 2. The predicted octanol–water partition coefficient (Wildman–Crippen LogP) is 1.59. The minimum Gasteiger partial charge on any atom is -0.455 e. The van der Waals surface area contributed by atoms with Crippen molar-refractivity contribution in [2.45, 2.75) is 11.8 Å². The molecule has 0 heterocycles. The lowest BCUT2D eigenvalue weighted by molar-refractivity contribution is -0.146. The molecule has 0 saturated carbocycles. The van der Waals surface area contributed by atoms with E-state index in [0.717, 1.165) is 17.7 Å². The Morgan fingerprint density at radius 1 is 1.12 bits per heavy atom. The minimum absolute atomic E-state index is 0.317. The number of esters is 1. The number of carbonyl (C=O) groups is 2. The van der Waals surface area contributed by atoms with Gasteiger partial charge in [-0.1, -0.05) is 24.3 Å². The van der Waals surface area contributed by atoms with E-state index in [2.05, 4.69) is 5.32 Å². The Kier molecular flexibility index (Phi) is 6.42. The molecule has 2 aromatic carbocycles. The van der Waals surface area contributed by atoms with Crippen LogP contribution in [0.1, 0.15) is 5.56 Å². The van der Waals surface area contributed by atoms with Gasteiger partial charge in [0.2, 0.25) is 10.0 Å². The summed E-state index contributed by atoms with van der Waals surface area (Å²) in [6, 6.07) is 11.4. The van der Waals surface area contributed by atoms with Crippen molar-refractivity contribution < 1.29 is 27.1 Å². The number of carbonyl (C=O) groups excluding carboxylic acids is 2. The van der Waals surface area contributed by atoms with E-state index >= 15 is 0 Å². The van der Waals surface area contributed by atoms with E-state index in [0.29, 0.717) is 5.69 Å². The van der Waals surface area contributed by atoms with Crippen LogP contribution in [-0.2, 0) is 24.3 Å². The van der Waals surface area contributed by atoms with E-state index in [1.807, 2.05) is 23.8 Å². The zero-order chi connectivity index (χ0) is 19.2. The maximum atomic E-state index is 13.1. The van der Waals surface area contributed by atoms with Crippen molar-refractivity contribution in [3.63, 3.8) is 0 Å². The zero-order valence-electron chi connectivity index (χ0n) is 13.9. The smallest absolute Gasteiger partial charge is 0.321 e. The van der Waals surface area contributed by atoms with Crippen LogP contribution < -0.4 is 10.0 Å². The number of para-hydroxylation sites is 1. The third-order valence-electron chi connectivity index (χ3n) is 3.30. The summed E-state index contributed by atoms with van der Waals surface area (Å²) < 4.78 is 43.7. The molecule has 0 radical (unpaired) electrons. The molecular weight excluding hydrogens is 363 g/mol. The van der Waals surface area contributed by atoms with Crippen LogP contribution in [0.3, 0.4) is 0 Å². The molecule has 1 amide bonds. The second-order valence-corrected chi connectivity index (χ2v) is 7.07. The predicted molar refractivity (Wildman–Crippen MR) is 92.4 cm³/mol. The van der Waals surface area contributed by atoms with Crippen LogP contribution in [0.2, 0.25) is 0 Å². The Labute approximate surface area is 150 Å². The molecule has 0 bridgehead atoms. The van der Waals surface area contributed by atoms with E-state index in [-0.39, 0.29) is 4.90 Å². The number of halogens is 1. The van der Waals surface area contributed by atoms with Crippen LogP contribution in [0, 0.1) is 12.7 Å². The molecule has 0 aromatic heterocycles. The van der Waals surface area contributed by atoms with Crippen molar-refractivity contribution >= 4 is 27.6 Å². The number of hydrogen-bond acceptors (Lipinski definition) is 5. The molecule has 0 aliphatic rings. The number of anilines is 1. The zero-order valence-corrected chi connectivity index (χ0v) is 14.7. The van der Waals surface area contributed by atoms with E-state index in [1.54, 1.807) is 12.1 Å². The van der Waals surface area contributed by atoms with Crippen LogP contribution >= 0.6 is 0 Å². The summed E-state index contributed by atoms with van der Waals surface area (Å²) in [6.07, 6.45) is 0. The van der Waals surface area contributed by atoms with E-state index < -0.39 is 40.9 Å². The normalized spacial score (nSPS) is 11.0. The third kappa shape index (κ3) is 5.64. The molecular formula is C17H17FN2O5S. The van der Waals surface area contributed by atoms with Gasteiger partial charge in [0.1, 0.15) is 12.4 Å². The first-order valence-corrected chi connectivity index (χ1v) is 9.02. The highest BCUT2D eigenvalue weighted by Gasteiger charge is 2.17. The molecule has 0 aliphatic heterocycles. The van der Waals surface area contributed by atoms with Gasteiger partial charge < -0.3 is 10.1 Å². The van der Waals surface area contributed by atoms with Gasteiger partial charge in [-0.05, 0) is 36.8 Å². The molecule has 26 heavy (non-hydrogen) atoms. The molecule has 2 N–H and O–H groups in total. The third-order valence-corrected chi connectivity index (χ3v) is 4.70. The number of aryl methyl sites for hydroxylation is 1. The van der Waals surface area contributed by atoms with Gasteiger partial charge in [-0.15, -0.1) is 0 Å². The van der Waals surface area contributed by atoms with Crippen molar-refractivity contribution in [2.24, 2.45) is 0 Å². The van der Waals surface area contributed by atoms with Gasteiger partial charge in [0, 0.05) is 5.69 Å². The Morgan fingerprint density at radius 2 is 1.85 bits per heavy atom. The lowest BCUT2D eigenvalue weighted by Crippen LogP contribution is -2.32. The van der Waals surface area contributed by atoms with Crippen LogP contribution in [0.5, 0.6) is 0 Å². The van der Waals surface area contributed by atoms with Crippen molar-refractivity contribution in [2.75, 3.05) is 18.5 Å². The van der Waals surface area contributed by atoms with Crippen molar-refractivity contribution in [3.8, 4) is 0 Å². The molecule has 0 saturated heterocycles. The summed E-state index contributed by atoms with van der Waals surface area (Å²) in [4.78, 5) is 23.1. The number of hydrogen-bond donors (Lipinski definition) is 2. The average Bonchev–Trinajstić information content (AvgIpc) is 2.60. The largest absolute Gasteiger partial charge is 0.455 e. The second-order valence-electron chi connectivity index (χ2n) is 5.31. The first-order valence-electron chi connectivity index (χ1n) is 7.54. The maximum Gasteiger partial charge on any atom is 0.321 e. The van der Waals surface area contributed by atoms with E-state index in [9.17, 15) is 22.4 Å². The van der Waals surface area contributed by atoms with Crippen molar-refractivity contribution in [3.05, 3.63) is 59.9 Å². The number of sulfonamides is 1. The van der Waals surface area contributed by atoms with Gasteiger partial charge in [0.25, 0.3) is 5.91 Å². The Balaban J connectivity index is 1.82. The van der Waals surface area contributed by atoms with Gasteiger partial charge in [-0.3, -0.25) is 9.59 Å². The highest BCUT2D eigenvalue weighted by molar-refractivity contribution is 7.89. The molecule has 0 atom stereocenters. The molecule has 0 spiro atoms. The van der Waals surface area contributed by atoms with E-state index in [1.165, 1.54) is 12.1 Å². The molecule has 0 fully saturated rings.